The number of carbonyl (C=O) groups is 1. The van der Waals surface area contributed by atoms with Crippen molar-refractivity contribution in [2.24, 2.45) is 0 Å². The van der Waals surface area contributed by atoms with Gasteiger partial charge < -0.3 is 19.1 Å². The van der Waals surface area contributed by atoms with Crippen LogP contribution in [0.4, 0.5) is 4.79 Å². The van der Waals surface area contributed by atoms with Crippen molar-refractivity contribution in [3.63, 3.8) is 0 Å². The zero-order chi connectivity index (χ0) is 12.2. The minimum Gasteiger partial charge on any atom is -0.444 e. The molecule has 0 radical (unpaired) electrons. The molecule has 1 rings (SSSR count). The fraction of sp³-hybridized carbons (Fsp3) is 0.909. The predicted molar refractivity (Wildman–Crippen MR) is 59.2 cm³/mol. The van der Waals surface area contributed by atoms with Crippen molar-refractivity contribution in [1.82, 2.24) is 4.90 Å². The molecule has 0 bridgehead atoms. The van der Waals surface area contributed by atoms with Crippen LogP contribution in [0.25, 0.3) is 0 Å². The van der Waals surface area contributed by atoms with E-state index >= 15 is 0 Å². The first-order chi connectivity index (χ1) is 7.42. The molecule has 1 atom stereocenters. The number of ether oxygens (including phenoxy) is 3. The molecule has 1 aliphatic heterocycles. The van der Waals surface area contributed by atoms with Gasteiger partial charge in [-0.05, 0) is 27.7 Å². The average Bonchev–Trinajstić information content (AvgIpc) is 2.16. The van der Waals surface area contributed by atoms with E-state index in [0.717, 1.165) is 0 Å². The van der Waals surface area contributed by atoms with Gasteiger partial charge in [-0.2, -0.15) is 0 Å². The second-order valence-corrected chi connectivity index (χ2v) is 4.68. The molecule has 94 valence electrons. The van der Waals surface area contributed by atoms with E-state index in [4.69, 9.17) is 14.2 Å². The molecular formula is C11H21NO4. The molecule has 1 saturated heterocycles. The van der Waals surface area contributed by atoms with Crippen molar-refractivity contribution < 1.29 is 19.0 Å². The maximum atomic E-state index is 11.8. The number of morpholine rings is 1. The second kappa shape index (κ2) is 5.50. The first-order valence-corrected chi connectivity index (χ1v) is 5.63. The Morgan fingerprint density at radius 1 is 1.50 bits per heavy atom. The van der Waals surface area contributed by atoms with E-state index in [9.17, 15) is 4.79 Å². The Balaban J connectivity index is 2.44. The van der Waals surface area contributed by atoms with Crippen molar-refractivity contribution >= 4 is 6.09 Å². The summed E-state index contributed by atoms with van der Waals surface area (Å²) >= 11 is 0. The monoisotopic (exact) mass is 231 g/mol. The normalized spacial score (nSPS) is 22.0. The van der Waals surface area contributed by atoms with E-state index in [1.54, 1.807) is 4.90 Å². The zero-order valence-electron chi connectivity index (χ0n) is 10.5. The number of rotatable bonds is 2. The Morgan fingerprint density at radius 3 is 2.75 bits per heavy atom. The molecule has 1 heterocycles. The smallest absolute Gasteiger partial charge is 0.410 e. The van der Waals surface area contributed by atoms with Gasteiger partial charge in [-0.1, -0.05) is 0 Å². The van der Waals surface area contributed by atoms with Gasteiger partial charge >= 0.3 is 6.09 Å². The third kappa shape index (κ3) is 4.37. The van der Waals surface area contributed by atoms with Crippen LogP contribution >= 0.6 is 0 Å². The third-order valence-corrected chi connectivity index (χ3v) is 2.04. The molecule has 0 aromatic heterocycles. The summed E-state index contributed by atoms with van der Waals surface area (Å²) in [5.41, 5.74) is -0.462. The Labute approximate surface area is 96.6 Å². The van der Waals surface area contributed by atoms with E-state index in [1.165, 1.54) is 0 Å². The van der Waals surface area contributed by atoms with Gasteiger partial charge in [-0.25, -0.2) is 4.79 Å². The van der Waals surface area contributed by atoms with Gasteiger partial charge in [0.15, 0.2) is 6.29 Å². The summed E-state index contributed by atoms with van der Waals surface area (Å²) in [5, 5.41) is 0. The summed E-state index contributed by atoms with van der Waals surface area (Å²) in [4.78, 5) is 13.4. The molecule has 1 amide bonds. The van der Waals surface area contributed by atoms with Crippen molar-refractivity contribution in [2.75, 3.05) is 26.3 Å². The van der Waals surface area contributed by atoms with E-state index in [1.807, 2.05) is 27.7 Å². The molecule has 1 fully saturated rings. The molecule has 1 aliphatic rings. The number of amides is 1. The average molecular weight is 231 g/mol. The highest BCUT2D eigenvalue weighted by atomic mass is 16.7. The van der Waals surface area contributed by atoms with Crippen LogP contribution in [-0.4, -0.2) is 49.2 Å². The summed E-state index contributed by atoms with van der Waals surface area (Å²) in [7, 11) is 0. The van der Waals surface area contributed by atoms with Crippen LogP contribution in [0.3, 0.4) is 0 Å². The maximum absolute atomic E-state index is 11.8. The minimum absolute atomic E-state index is 0.305. The summed E-state index contributed by atoms with van der Waals surface area (Å²) in [6.45, 7) is 9.51. The lowest BCUT2D eigenvalue weighted by Gasteiger charge is -2.33. The van der Waals surface area contributed by atoms with Crippen LogP contribution in [0, 0.1) is 0 Å². The fourth-order valence-electron chi connectivity index (χ4n) is 1.40. The van der Waals surface area contributed by atoms with Gasteiger partial charge in [0.1, 0.15) is 5.60 Å². The molecule has 1 unspecified atom stereocenters. The predicted octanol–water partition coefficient (Wildman–Crippen LogP) is 1.62. The number of hydrogen-bond donors (Lipinski definition) is 0. The van der Waals surface area contributed by atoms with Crippen LogP contribution in [0.2, 0.25) is 0 Å². The Bertz CT molecular complexity index is 235. The van der Waals surface area contributed by atoms with E-state index in [-0.39, 0.29) is 12.4 Å². The topological polar surface area (TPSA) is 48.0 Å². The molecule has 0 saturated carbocycles. The minimum atomic E-state index is -0.462. The summed E-state index contributed by atoms with van der Waals surface area (Å²) in [5.74, 6) is 0. The quantitative estimate of drug-likeness (QED) is 0.724. The Hall–Kier alpha value is -0.810. The van der Waals surface area contributed by atoms with Crippen LogP contribution in [0.1, 0.15) is 27.7 Å². The molecule has 16 heavy (non-hydrogen) atoms. The van der Waals surface area contributed by atoms with Gasteiger partial charge in [0.2, 0.25) is 0 Å². The van der Waals surface area contributed by atoms with Crippen molar-refractivity contribution in [3.05, 3.63) is 0 Å². The van der Waals surface area contributed by atoms with Crippen molar-refractivity contribution in [1.29, 1.82) is 0 Å². The van der Waals surface area contributed by atoms with Gasteiger partial charge in [0.05, 0.1) is 13.2 Å². The standard InChI is InChI=1S/C11H21NO4/c1-5-14-9-8-12(6-7-15-9)10(13)16-11(2,3)4/h9H,5-8H2,1-4H3. The Morgan fingerprint density at radius 2 is 2.19 bits per heavy atom. The molecule has 5 nitrogen and oxygen atoms in total. The van der Waals surface area contributed by atoms with E-state index in [0.29, 0.717) is 26.3 Å². The van der Waals surface area contributed by atoms with Gasteiger partial charge in [-0.3, -0.25) is 0 Å². The first kappa shape index (κ1) is 13.3. The molecule has 0 aromatic rings. The van der Waals surface area contributed by atoms with Crippen LogP contribution in [0.15, 0.2) is 0 Å². The highest BCUT2D eigenvalue weighted by Crippen LogP contribution is 2.13. The zero-order valence-corrected chi connectivity index (χ0v) is 10.5. The summed E-state index contributed by atoms with van der Waals surface area (Å²) in [6, 6.07) is 0. The third-order valence-electron chi connectivity index (χ3n) is 2.04. The van der Waals surface area contributed by atoms with Gasteiger partial charge in [0.25, 0.3) is 0 Å². The lowest BCUT2D eigenvalue weighted by molar-refractivity contribution is -0.173. The summed E-state index contributed by atoms with van der Waals surface area (Å²) in [6.07, 6.45) is -0.633. The lowest BCUT2D eigenvalue weighted by Crippen LogP contribution is -2.48. The van der Waals surface area contributed by atoms with Crippen LogP contribution in [0.5, 0.6) is 0 Å². The van der Waals surface area contributed by atoms with Crippen LogP contribution < -0.4 is 0 Å². The SMILES string of the molecule is CCOC1CN(C(=O)OC(C)(C)C)CCO1. The Kier molecular flexibility index (Phi) is 4.56. The van der Waals surface area contributed by atoms with E-state index < -0.39 is 5.60 Å². The van der Waals surface area contributed by atoms with Crippen molar-refractivity contribution in [3.8, 4) is 0 Å². The molecular weight excluding hydrogens is 210 g/mol. The number of nitrogens with zero attached hydrogens (tertiary/aromatic N) is 1. The largest absolute Gasteiger partial charge is 0.444 e. The highest BCUT2D eigenvalue weighted by Gasteiger charge is 2.28. The maximum Gasteiger partial charge on any atom is 0.410 e. The summed E-state index contributed by atoms with van der Waals surface area (Å²) < 4.78 is 16.0. The van der Waals surface area contributed by atoms with Crippen LogP contribution in [-0.2, 0) is 14.2 Å². The number of hydrogen-bond acceptors (Lipinski definition) is 4. The molecule has 0 spiro atoms. The molecule has 0 N–H and O–H groups in total. The van der Waals surface area contributed by atoms with Crippen molar-refractivity contribution in [2.45, 2.75) is 39.6 Å². The first-order valence-electron chi connectivity index (χ1n) is 5.63. The molecule has 5 heteroatoms. The van der Waals surface area contributed by atoms with Gasteiger partial charge in [-0.15, -0.1) is 0 Å². The molecule has 0 aromatic carbocycles. The fourth-order valence-corrected chi connectivity index (χ4v) is 1.40. The van der Waals surface area contributed by atoms with E-state index in [2.05, 4.69) is 0 Å². The highest BCUT2D eigenvalue weighted by molar-refractivity contribution is 5.68. The number of carbonyl (C=O) groups excluding carboxylic acids is 1. The van der Waals surface area contributed by atoms with Gasteiger partial charge in [0, 0.05) is 13.2 Å². The lowest BCUT2D eigenvalue weighted by atomic mass is 10.2. The second-order valence-electron chi connectivity index (χ2n) is 4.68. The molecule has 0 aliphatic carbocycles.